The summed E-state index contributed by atoms with van der Waals surface area (Å²) in [7, 11) is 1.88. The molecule has 6 nitrogen and oxygen atoms in total. The molecule has 1 aromatic heterocycles. The van der Waals surface area contributed by atoms with Crippen molar-refractivity contribution < 1.29 is 13.9 Å². The van der Waals surface area contributed by atoms with Crippen LogP contribution in [0.15, 0.2) is 30.6 Å². The maximum atomic E-state index is 13.6. The monoisotopic (exact) mass is 372 g/mol. The van der Waals surface area contributed by atoms with Gasteiger partial charge in [0.05, 0.1) is 18.3 Å². The summed E-state index contributed by atoms with van der Waals surface area (Å²) in [5.74, 6) is 0.162. The molecule has 3 heterocycles. The van der Waals surface area contributed by atoms with Crippen molar-refractivity contribution in [2.45, 2.75) is 50.8 Å². The van der Waals surface area contributed by atoms with Crippen LogP contribution in [-0.4, -0.2) is 32.9 Å². The van der Waals surface area contributed by atoms with Crippen molar-refractivity contribution in [1.29, 1.82) is 0 Å². The van der Waals surface area contributed by atoms with Crippen LogP contribution in [0.3, 0.4) is 0 Å². The largest absolute Gasteiger partial charge is 0.487 e. The molecular weight excluding hydrogens is 347 g/mol. The van der Waals surface area contributed by atoms with Crippen LogP contribution in [0.4, 0.5) is 9.18 Å². The second kappa shape index (κ2) is 6.55. The van der Waals surface area contributed by atoms with Gasteiger partial charge in [-0.05, 0) is 32.8 Å². The number of hydrogen-bond donors (Lipinski definition) is 1. The second-order valence-corrected chi connectivity index (χ2v) is 8.05. The number of nitrogens with zero attached hydrogens (tertiary/aromatic N) is 3. The van der Waals surface area contributed by atoms with Crippen molar-refractivity contribution >= 4 is 6.03 Å². The fourth-order valence-electron chi connectivity index (χ4n) is 4.15. The first-order valence-corrected chi connectivity index (χ1v) is 9.36. The number of aryl methyl sites for hydroxylation is 1. The molecule has 2 aliphatic heterocycles. The quantitative estimate of drug-likeness (QED) is 0.874. The number of hydrogen-bond acceptors (Lipinski definition) is 3. The third kappa shape index (κ3) is 3.50. The molecule has 144 valence electrons. The number of nitrogens with one attached hydrogen (secondary N) is 1. The Hall–Kier alpha value is -2.57. The number of fused-ring (bicyclic) bond motifs is 1. The van der Waals surface area contributed by atoms with E-state index in [0.29, 0.717) is 18.7 Å². The average Bonchev–Trinajstić information content (AvgIpc) is 3.21. The molecule has 27 heavy (non-hydrogen) atoms. The number of benzene rings is 1. The van der Waals surface area contributed by atoms with Gasteiger partial charge < -0.3 is 15.0 Å². The van der Waals surface area contributed by atoms with E-state index in [1.807, 2.05) is 38.2 Å². The van der Waals surface area contributed by atoms with Gasteiger partial charge >= 0.3 is 6.03 Å². The number of aromatic nitrogens is 2. The topological polar surface area (TPSA) is 59.4 Å². The van der Waals surface area contributed by atoms with Gasteiger partial charge in [0.15, 0.2) is 0 Å². The third-order valence-corrected chi connectivity index (χ3v) is 5.35. The molecule has 1 N–H and O–H groups in total. The summed E-state index contributed by atoms with van der Waals surface area (Å²) < 4.78 is 21.3. The molecule has 2 aromatic rings. The molecule has 2 amide bonds. The van der Waals surface area contributed by atoms with Crippen molar-refractivity contribution in [1.82, 2.24) is 20.0 Å². The zero-order valence-electron chi connectivity index (χ0n) is 15.9. The number of urea groups is 1. The first kappa shape index (κ1) is 17.8. The van der Waals surface area contributed by atoms with Gasteiger partial charge in [-0.2, -0.15) is 5.10 Å². The lowest BCUT2D eigenvalue weighted by Crippen LogP contribution is -2.46. The predicted molar refractivity (Wildman–Crippen MR) is 98.9 cm³/mol. The minimum Gasteiger partial charge on any atom is -0.487 e. The third-order valence-electron chi connectivity index (χ3n) is 5.35. The molecule has 1 aromatic carbocycles. The van der Waals surface area contributed by atoms with Gasteiger partial charge in [0.25, 0.3) is 0 Å². The normalized spacial score (nSPS) is 23.6. The fraction of sp³-hybridized carbons (Fsp3) is 0.500. The number of amides is 2. The molecule has 1 saturated heterocycles. The lowest BCUT2D eigenvalue weighted by Gasteiger charge is -2.38. The van der Waals surface area contributed by atoms with E-state index < -0.39 is 5.60 Å². The van der Waals surface area contributed by atoms with Gasteiger partial charge in [-0.25, -0.2) is 9.18 Å². The van der Waals surface area contributed by atoms with E-state index >= 15 is 0 Å². The Morgan fingerprint density at radius 1 is 1.41 bits per heavy atom. The first-order valence-electron chi connectivity index (χ1n) is 9.36. The fourth-order valence-corrected chi connectivity index (χ4v) is 4.15. The van der Waals surface area contributed by atoms with Crippen molar-refractivity contribution in [3.05, 3.63) is 47.5 Å². The maximum absolute atomic E-state index is 13.6. The van der Waals surface area contributed by atoms with Crippen LogP contribution in [0.5, 0.6) is 5.75 Å². The number of ether oxygens (including phenoxy) is 1. The average molecular weight is 372 g/mol. The predicted octanol–water partition coefficient (Wildman–Crippen LogP) is 3.71. The molecular formula is C20H25FN4O2. The highest BCUT2D eigenvalue weighted by Gasteiger charge is 2.37. The minimum absolute atomic E-state index is 0.0410. The van der Waals surface area contributed by atoms with Gasteiger partial charge in [-0.1, -0.05) is 6.07 Å². The lowest BCUT2D eigenvalue weighted by atomic mass is 9.89. The molecule has 0 aliphatic carbocycles. The standard InChI is InChI=1S/C20H25FN4O2/c1-20(2)10-16(15-7-6-14(21)9-18(15)27-20)23-19(26)25-8-4-5-17(25)13-11-22-24(3)12-13/h6-7,9,11-12,16-17H,4-5,8,10H2,1-3H3,(H,23,26). The summed E-state index contributed by atoms with van der Waals surface area (Å²) in [5, 5.41) is 7.39. The lowest BCUT2D eigenvalue weighted by molar-refractivity contribution is 0.0659. The van der Waals surface area contributed by atoms with E-state index in [1.165, 1.54) is 12.1 Å². The summed E-state index contributed by atoms with van der Waals surface area (Å²) in [4.78, 5) is 14.9. The zero-order valence-corrected chi connectivity index (χ0v) is 15.9. The summed E-state index contributed by atoms with van der Waals surface area (Å²) in [6, 6.07) is 4.23. The van der Waals surface area contributed by atoms with Crippen LogP contribution in [-0.2, 0) is 7.05 Å². The Balaban J connectivity index is 1.55. The van der Waals surface area contributed by atoms with Crippen LogP contribution in [0.1, 0.15) is 56.3 Å². The highest BCUT2D eigenvalue weighted by atomic mass is 19.1. The second-order valence-electron chi connectivity index (χ2n) is 8.05. The molecule has 0 radical (unpaired) electrons. The van der Waals surface area contributed by atoms with Crippen molar-refractivity contribution in [3.63, 3.8) is 0 Å². The SMILES string of the molecule is Cn1cc(C2CCCN2C(=O)NC2CC(C)(C)Oc3cc(F)ccc32)cn1. The summed E-state index contributed by atoms with van der Waals surface area (Å²) in [6.07, 6.45) is 6.31. The van der Waals surface area contributed by atoms with E-state index in [0.717, 1.165) is 24.0 Å². The summed E-state index contributed by atoms with van der Waals surface area (Å²) in [5.41, 5.74) is 1.40. The van der Waals surface area contributed by atoms with E-state index in [1.54, 1.807) is 10.7 Å². The van der Waals surface area contributed by atoms with E-state index in [2.05, 4.69) is 10.4 Å². The van der Waals surface area contributed by atoms with Crippen molar-refractivity contribution in [2.75, 3.05) is 6.54 Å². The maximum Gasteiger partial charge on any atom is 0.318 e. The Labute approximate surface area is 158 Å². The summed E-state index contributed by atoms with van der Waals surface area (Å²) >= 11 is 0. The van der Waals surface area contributed by atoms with E-state index in [-0.39, 0.29) is 23.9 Å². The van der Waals surface area contributed by atoms with Crippen molar-refractivity contribution in [3.8, 4) is 5.75 Å². The zero-order chi connectivity index (χ0) is 19.2. The summed E-state index contributed by atoms with van der Waals surface area (Å²) in [6.45, 7) is 4.62. The molecule has 2 aliphatic rings. The molecule has 0 saturated carbocycles. The molecule has 1 fully saturated rings. The molecule has 4 rings (SSSR count). The Bertz CT molecular complexity index is 863. The van der Waals surface area contributed by atoms with E-state index in [9.17, 15) is 9.18 Å². The number of carbonyl (C=O) groups is 1. The van der Waals surface area contributed by atoms with Crippen LogP contribution < -0.4 is 10.1 Å². The molecule has 2 unspecified atom stereocenters. The Kier molecular flexibility index (Phi) is 4.32. The van der Waals surface area contributed by atoms with Crippen LogP contribution in [0.2, 0.25) is 0 Å². The number of halogens is 1. The highest BCUT2D eigenvalue weighted by Crippen LogP contribution is 2.40. The van der Waals surface area contributed by atoms with Crippen molar-refractivity contribution in [2.24, 2.45) is 7.05 Å². The molecule has 2 atom stereocenters. The number of carbonyl (C=O) groups excluding carboxylic acids is 1. The van der Waals surface area contributed by atoms with Gasteiger partial charge in [0.1, 0.15) is 17.2 Å². The highest BCUT2D eigenvalue weighted by molar-refractivity contribution is 5.76. The van der Waals surface area contributed by atoms with Gasteiger partial charge in [-0.3, -0.25) is 4.68 Å². The smallest absolute Gasteiger partial charge is 0.318 e. The van der Waals surface area contributed by atoms with Crippen LogP contribution in [0, 0.1) is 5.82 Å². The van der Waals surface area contributed by atoms with E-state index in [4.69, 9.17) is 4.74 Å². The van der Waals surface area contributed by atoms with Crippen LogP contribution in [0.25, 0.3) is 0 Å². The Morgan fingerprint density at radius 3 is 2.96 bits per heavy atom. The van der Waals surface area contributed by atoms with Crippen LogP contribution >= 0.6 is 0 Å². The molecule has 0 bridgehead atoms. The first-order chi connectivity index (χ1) is 12.8. The minimum atomic E-state index is -0.480. The Morgan fingerprint density at radius 2 is 2.22 bits per heavy atom. The number of likely N-dealkylation sites (tertiary alicyclic amines) is 1. The number of rotatable bonds is 2. The molecule has 0 spiro atoms. The molecule has 7 heteroatoms. The van der Waals surface area contributed by atoms with Gasteiger partial charge in [-0.15, -0.1) is 0 Å². The van der Waals surface area contributed by atoms with Gasteiger partial charge in [0.2, 0.25) is 0 Å². The van der Waals surface area contributed by atoms with Gasteiger partial charge in [0, 0.05) is 43.4 Å².